The number of aromatic nitrogens is 1. The van der Waals surface area contributed by atoms with Crippen LogP contribution in [0.2, 0.25) is 0 Å². The van der Waals surface area contributed by atoms with Gasteiger partial charge < -0.3 is 18.8 Å². The van der Waals surface area contributed by atoms with Gasteiger partial charge in [0, 0.05) is 19.8 Å². The lowest BCUT2D eigenvalue weighted by molar-refractivity contribution is -0.137. The highest BCUT2D eigenvalue weighted by Crippen LogP contribution is 2.33. The van der Waals surface area contributed by atoms with Crippen LogP contribution in [0.1, 0.15) is 30.0 Å². The van der Waals surface area contributed by atoms with E-state index >= 15 is 0 Å². The van der Waals surface area contributed by atoms with Crippen LogP contribution in [-0.4, -0.2) is 32.2 Å². The zero-order valence-corrected chi connectivity index (χ0v) is 13.8. The summed E-state index contributed by atoms with van der Waals surface area (Å²) in [5.41, 5.74) is 0.327. The fourth-order valence-electron chi connectivity index (χ4n) is 2.11. The Hall–Kier alpha value is -2.39. The topological polar surface area (TPSA) is 66.1 Å². The number of hydrogen-bond donors (Lipinski definition) is 0. The molecule has 0 saturated carbocycles. The summed E-state index contributed by atoms with van der Waals surface area (Å²) in [4.78, 5) is 4.93. The number of methoxy groups -OCH3 is 2. The Morgan fingerprint density at radius 2 is 1.84 bits per heavy atom. The van der Waals surface area contributed by atoms with E-state index < -0.39 is 18.0 Å². The standard InChI is InChI=1S/C16H17F3N2O4/c1-4-24-20-9-12-13(15(22-2)23-3)21-25-14(12)10-5-7-11(8-6-10)16(17,18)19/h5-9,15H,4H2,1-3H3. The second-order valence-corrected chi connectivity index (χ2v) is 4.84. The van der Waals surface area contributed by atoms with E-state index in [4.69, 9.17) is 18.8 Å². The van der Waals surface area contributed by atoms with Crippen LogP contribution in [-0.2, 0) is 20.5 Å². The highest BCUT2D eigenvalue weighted by atomic mass is 19.4. The molecule has 0 bridgehead atoms. The molecule has 0 aliphatic rings. The first-order valence-electron chi connectivity index (χ1n) is 7.30. The summed E-state index contributed by atoms with van der Waals surface area (Å²) in [6.07, 6.45) is -3.88. The van der Waals surface area contributed by atoms with E-state index in [1.807, 2.05) is 0 Å². The predicted molar refractivity (Wildman–Crippen MR) is 82.9 cm³/mol. The molecule has 9 heteroatoms. The summed E-state index contributed by atoms with van der Waals surface area (Å²) in [7, 11) is 2.84. The van der Waals surface area contributed by atoms with Gasteiger partial charge in [-0.25, -0.2) is 0 Å². The molecule has 0 spiro atoms. The van der Waals surface area contributed by atoms with Crippen molar-refractivity contribution in [1.82, 2.24) is 5.16 Å². The Morgan fingerprint density at radius 3 is 2.36 bits per heavy atom. The summed E-state index contributed by atoms with van der Waals surface area (Å²) in [5, 5.41) is 7.66. The lowest BCUT2D eigenvalue weighted by Crippen LogP contribution is -2.07. The molecule has 1 aromatic heterocycles. The number of hydrogen-bond acceptors (Lipinski definition) is 6. The van der Waals surface area contributed by atoms with Crippen LogP contribution in [0.15, 0.2) is 33.9 Å². The van der Waals surface area contributed by atoms with Gasteiger partial charge in [0.1, 0.15) is 12.3 Å². The van der Waals surface area contributed by atoms with Gasteiger partial charge in [-0.2, -0.15) is 13.2 Å². The van der Waals surface area contributed by atoms with Gasteiger partial charge in [0.2, 0.25) is 6.29 Å². The highest BCUT2D eigenvalue weighted by molar-refractivity contribution is 5.89. The molecule has 0 radical (unpaired) electrons. The average Bonchev–Trinajstić information content (AvgIpc) is 2.99. The first kappa shape index (κ1) is 18.9. The van der Waals surface area contributed by atoms with E-state index in [1.54, 1.807) is 6.92 Å². The molecule has 0 amide bonds. The van der Waals surface area contributed by atoms with Crippen molar-refractivity contribution in [2.45, 2.75) is 19.4 Å². The lowest BCUT2D eigenvalue weighted by Gasteiger charge is -2.10. The molecular weight excluding hydrogens is 341 g/mol. The second-order valence-electron chi connectivity index (χ2n) is 4.84. The van der Waals surface area contributed by atoms with E-state index in [1.165, 1.54) is 32.6 Å². The first-order chi connectivity index (χ1) is 11.9. The molecule has 2 aromatic rings. The first-order valence-corrected chi connectivity index (χ1v) is 7.30. The molecule has 136 valence electrons. The van der Waals surface area contributed by atoms with Crippen LogP contribution in [0.25, 0.3) is 11.3 Å². The summed E-state index contributed by atoms with van der Waals surface area (Å²) < 4.78 is 53.7. The Balaban J connectivity index is 2.46. The second kappa shape index (κ2) is 8.13. The third-order valence-corrected chi connectivity index (χ3v) is 3.27. The van der Waals surface area contributed by atoms with Crippen molar-refractivity contribution in [3.05, 3.63) is 41.1 Å². The number of oxime groups is 1. The minimum absolute atomic E-state index is 0.228. The molecule has 0 N–H and O–H groups in total. The smallest absolute Gasteiger partial charge is 0.396 e. The van der Waals surface area contributed by atoms with E-state index in [9.17, 15) is 13.2 Å². The molecule has 0 saturated heterocycles. The van der Waals surface area contributed by atoms with Gasteiger partial charge in [0.05, 0.1) is 17.3 Å². The molecule has 25 heavy (non-hydrogen) atoms. The molecule has 0 aliphatic carbocycles. The van der Waals surface area contributed by atoms with Gasteiger partial charge >= 0.3 is 6.18 Å². The number of nitrogens with zero attached hydrogens (tertiary/aromatic N) is 2. The largest absolute Gasteiger partial charge is 0.416 e. The number of ether oxygens (including phenoxy) is 2. The third kappa shape index (κ3) is 4.37. The molecule has 0 fully saturated rings. The predicted octanol–water partition coefficient (Wildman–Crippen LogP) is 4.02. The fraction of sp³-hybridized carbons (Fsp3) is 0.375. The van der Waals surface area contributed by atoms with E-state index in [0.29, 0.717) is 23.4 Å². The summed E-state index contributed by atoms with van der Waals surface area (Å²) in [6.45, 7) is 2.11. The Morgan fingerprint density at radius 1 is 1.20 bits per heavy atom. The molecule has 6 nitrogen and oxygen atoms in total. The lowest BCUT2D eigenvalue weighted by atomic mass is 10.0. The Labute approximate surface area is 142 Å². The van der Waals surface area contributed by atoms with Gasteiger partial charge in [-0.15, -0.1) is 0 Å². The van der Waals surface area contributed by atoms with Gasteiger partial charge in [-0.1, -0.05) is 22.4 Å². The Kier molecular flexibility index (Phi) is 6.16. The quantitative estimate of drug-likeness (QED) is 0.425. The monoisotopic (exact) mass is 358 g/mol. The van der Waals surface area contributed by atoms with Crippen LogP contribution in [0, 0.1) is 0 Å². The molecule has 0 unspecified atom stereocenters. The Bertz CT molecular complexity index is 707. The van der Waals surface area contributed by atoms with Crippen LogP contribution in [0.3, 0.4) is 0 Å². The van der Waals surface area contributed by atoms with Crippen LogP contribution in [0.4, 0.5) is 13.2 Å². The minimum atomic E-state index is -4.42. The maximum Gasteiger partial charge on any atom is 0.416 e. The van der Waals surface area contributed by atoms with Crippen LogP contribution >= 0.6 is 0 Å². The zero-order chi connectivity index (χ0) is 18.4. The molecular formula is C16H17F3N2O4. The molecule has 2 rings (SSSR count). The van der Waals surface area contributed by atoms with Crippen molar-refractivity contribution in [3.8, 4) is 11.3 Å². The maximum atomic E-state index is 12.7. The van der Waals surface area contributed by atoms with Crippen LogP contribution in [0.5, 0.6) is 0 Å². The summed E-state index contributed by atoms with van der Waals surface area (Å²) in [6, 6.07) is 4.51. The summed E-state index contributed by atoms with van der Waals surface area (Å²) >= 11 is 0. The van der Waals surface area contributed by atoms with Crippen molar-refractivity contribution in [2.24, 2.45) is 5.16 Å². The van der Waals surface area contributed by atoms with Crippen LogP contribution < -0.4 is 0 Å². The van der Waals surface area contributed by atoms with Crippen molar-refractivity contribution < 1.29 is 32.0 Å². The van der Waals surface area contributed by atoms with Gasteiger partial charge in [0.15, 0.2) is 5.76 Å². The number of benzene rings is 1. The number of alkyl halides is 3. The molecule has 0 aliphatic heterocycles. The molecule has 1 heterocycles. The van der Waals surface area contributed by atoms with Gasteiger partial charge in [0.25, 0.3) is 0 Å². The SMILES string of the molecule is CCON=Cc1c(C(OC)OC)noc1-c1ccc(C(F)(F)F)cc1. The average molecular weight is 358 g/mol. The van der Waals surface area contributed by atoms with Gasteiger partial charge in [-0.3, -0.25) is 0 Å². The minimum Gasteiger partial charge on any atom is -0.396 e. The van der Waals surface area contributed by atoms with E-state index in [0.717, 1.165) is 12.1 Å². The third-order valence-electron chi connectivity index (χ3n) is 3.27. The van der Waals surface area contributed by atoms with Gasteiger partial charge in [-0.05, 0) is 19.1 Å². The normalized spacial score (nSPS) is 12.3. The van der Waals surface area contributed by atoms with Crippen molar-refractivity contribution in [2.75, 3.05) is 20.8 Å². The van der Waals surface area contributed by atoms with Crippen molar-refractivity contribution in [3.63, 3.8) is 0 Å². The number of rotatable bonds is 7. The summed E-state index contributed by atoms with van der Waals surface area (Å²) in [5.74, 6) is 0.228. The zero-order valence-electron chi connectivity index (χ0n) is 13.8. The maximum absolute atomic E-state index is 12.7. The van der Waals surface area contributed by atoms with E-state index in [-0.39, 0.29) is 5.76 Å². The van der Waals surface area contributed by atoms with Crippen molar-refractivity contribution in [1.29, 1.82) is 0 Å². The van der Waals surface area contributed by atoms with E-state index in [2.05, 4.69) is 10.3 Å². The molecule has 0 atom stereocenters. The highest BCUT2D eigenvalue weighted by Gasteiger charge is 2.30. The number of halogens is 3. The van der Waals surface area contributed by atoms with Crippen molar-refractivity contribution >= 4 is 6.21 Å². The fourth-order valence-corrected chi connectivity index (χ4v) is 2.11. The molecule has 1 aromatic carbocycles.